The number of carbonyl (C=O) groups excluding carboxylic acids is 1. The van der Waals surface area contributed by atoms with E-state index < -0.39 is 23.7 Å². The maximum atomic E-state index is 11.5. The summed E-state index contributed by atoms with van der Waals surface area (Å²) in [5.41, 5.74) is -0.622. The van der Waals surface area contributed by atoms with Crippen molar-refractivity contribution in [1.82, 2.24) is 5.32 Å². The third-order valence-corrected chi connectivity index (χ3v) is 3.28. The first kappa shape index (κ1) is 18.1. The van der Waals surface area contributed by atoms with Gasteiger partial charge in [0.15, 0.2) is 0 Å². The van der Waals surface area contributed by atoms with E-state index in [-0.39, 0.29) is 0 Å². The van der Waals surface area contributed by atoms with E-state index in [2.05, 4.69) is 12.2 Å². The Bertz CT molecular complexity index is 289. The van der Waals surface area contributed by atoms with E-state index in [4.69, 9.17) is 9.84 Å². The van der Waals surface area contributed by atoms with Crippen LogP contribution in [0.2, 0.25) is 0 Å². The Morgan fingerprint density at radius 2 is 1.95 bits per heavy atom. The predicted molar refractivity (Wildman–Crippen MR) is 77.6 cm³/mol. The maximum Gasteiger partial charge on any atom is 0.408 e. The Labute approximate surface area is 119 Å². The molecule has 0 aromatic carbocycles. The molecule has 1 amide bonds. The summed E-state index contributed by atoms with van der Waals surface area (Å²) in [5, 5.41) is 11.4. The fourth-order valence-corrected chi connectivity index (χ4v) is 2.36. The molecular weight excluding hydrogens is 266 g/mol. The molecule has 0 aliphatic heterocycles. The summed E-state index contributed by atoms with van der Waals surface area (Å²) in [4.78, 5) is 22.5. The van der Waals surface area contributed by atoms with Gasteiger partial charge in [-0.2, -0.15) is 11.8 Å². The van der Waals surface area contributed by atoms with E-state index in [9.17, 15) is 9.59 Å². The number of hydrogen-bond acceptors (Lipinski definition) is 4. The summed E-state index contributed by atoms with van der Waals surface area (Å²) < 4.78 is 5.04. The third kappa shape index (κ3) is 10.7. The molecule has 0 bridgehead atoms. The molecule has 0 unspecified atom stereocenters. The zero-order valence-electron chi connectivity index (χ0n) is 12.2. The SMILES string of the molecule is CCCCSCC[C@@H](NC(=O)OC(C)(C)C)C(=O)O. The van der Waals surface area contributed by atoms with E-state index in [0.29, 0.717) is 12.2 Å². The lowest BCUT2D eigenvalue weighted by atomic mass is 10.2. The smallest absolute Gasteiger partial charge is 0.408 e. The number of thioether (sulfide) groups is 1. The second-order valence-electron chi connectivity index (χ2n) is 5.29. The first-order valence-electron chi connectivity index (χ1n) is 6.56. The van der Waals surface area contributed by atoms with Crippen LogP contribution in [0.15, 0.2) is 0 Å². The Morgan fingerprint density at radius 1 is 1.32 bits per heavy atom. The molecule has 5 nitrogen and oxygen atoms in total. The van der Waals surface area contributed by atoms with Gasteiger partial charge in [-0.15, -0.1) is 0 Å². The van der Waals surface area contributed by atoms with E-state index in [1.165, 1.54) is 0 Å². The molecule has 0 saturated heterocycles. The fraction of sp³-hybridized carbons (Fsp3) is 0.846. The molecule has 0 aliphatic carbocycles. The van der Waals surface area contributed by atoms with Crippen LogP contribution >= 0.6 is 11.8 Å². The highest BCUT2D eigenvalue weighted by molar-refractivity contribution is 7.99. The molecule has 0 aliphatic rings. The molecule has 6 heteroatoms. The van der Waals surface area contributed by atoms with Crippen molar-refractivity contribution in [2.75, 3.05) is 11.5 Å². The first-order chi connectivity index (χ1) is 8.76. The van der Waals surface area contributed by atoms with E-state index in [0.717, 1.165) is 18.6 Å². The largest absolute Gasteiger partial charge is 0.480 e. The van der Waals surface area contributed by atoms with Crippen molar-refractivity contribution in [3.05, 3.63) is 0 Å². The highest BCUT2D eigenvalue weighted by Crippen LogP contribution is 2.10. The highest BCUT2D eigenvalue weighted by Gasteiger charge is 2.23. The number of ether oxygens (including phenoxy) is 1. The summed E-state index contributed by atoms with van der Waals surface area (Å²) in [6.07, 6.45) is 1.98. The van der Waals surface area contributed by atoms with Crippen molar-refractivity contribution < 1.29 is 19.4 Å². The lowest BCUT2D eigenvalue weighted by Crippen LogP contribution is -2.43. The van der Waals surface area contributed by atoms with Gasteiger partial charge < -0.3 is 15.2 Å². The minimum atomic E-state index is -1.03. The van der Waals surface area contributed by atoms with Crippen molar-refractivity contribution in [2.24, 2.45) is 0 Å². The molecule has 0 radical (unpaired) electrons. The number of hydrogen-bond donors (Lipinski definition) is 2. The Hall–Kier alpha value is -0.910. The molecule has 0 saturated carbocycles. The van der Waals surface area contributed by atoms with Crippen molar-refractivity contribution in [2.45, 2.75) is 58.6 Å². The Morgan fingerprint density at radius 3 is 2.42 bits per heavy atom. The van der Waals surface area contributed by atoms with Crippen LogP contribution < -0.4 is 5.32 Å². The van der Waals surface area contributed by atoms with Gasteiger partial charge in [-0.1, -0.05) is 13.3 Å². The van der Waals surface area contributed by atoms with E-state index in [1.807, 2.05) is 0 Å². The van der Waals surface area contributed by atoms with Gasteiger partial charge in [0.05, 0.1) is 0 Å². The van der Waals surface area contributed by atoms with Crippen LogP contribution in [0.4, 0.5) is 4.79 Å². The molecule has 0 aromatic rings. The second-order valence-corrected chi connectivity index (χ2v) is 6.52. The summed E-state index contributed by atoms with van der Waals surface area (Å²) >= 11 is 1.71. The molecule has 112 valence electrons. The number of amides is 1. The van der Waals surface area contributed by atoms with Crippen LogP contribution in [0, 0.1) is 0 Å². The van der Waals surface area contributed by atoms with Crippen molar-refractivity contribution >= 4 is 23.8 Å². The average Bonchev–Trinajstić information content (AvgIpc) is 2.24. The molecule has 0 rings (SSSR count). The molecule has 0 fully saturated rings. The number of nitrogens with one attached hydrogen (secondary N) is 1. The van der Waals surface area contributed by atoms with E-state index >= 15 is 0 Å². The summed E-state index contributed by atoms with van der Waals surface area (Å²) in [5.74, 6) is 0.712. The van der Waals surface area contributed by atoms with Crippen LogP contribution in [0.1, 0.15) is 47.0 Å². The quantitative estimate of drug-likeness (QED) is 0.673. The average molecular weight is 291 g/mol. The minimum absolute atomic E-state index is 0.406. The molecule has 19 heavy (non-hydrogen) atoms. The maximum absolute atomic E-state index is 11.5. The number of carboxylic acids is 1. The van der Waals surface area contributed by atoms with Crippen LogP contribution in [0.5, 0.6) is 0 Å². The number of unbranched alkanes of at least 4 members (excludes halogenated alkanes) is 1. The normalized spacial score (nSPS) is 12.8. The topological polar surface area (TPSA) is 75.6 Å². The van der Waals surface area contributed by atoms with Gasteiger partial charge in [0.2, 0.25) is 0 Å². The first-order valence-corrected chi connectivity index (χ1v) is 7.71. The molecule has 0 heterocycles. The second kappa shape index (κ2) is 9.07. The van der Waals surface area contributed by atoms with Gasteiger partial charge in [-0.05, 0) is 45.1 Å². The van der Waals surface area contributed by atoms with Gasteiger partial charge in [0.25, 0.3) is 0 Å². The monoisotopic (exact) mass is 291 g/mol. The summed E-state index contributed by atoms with van der Waals surface area (Å²) in [6.45, 7) is 7.33. The summed E-state index contributed by atoms with van der Waals surface area (Å²) in [6, 6.07) is -0.885. The number of alkyl carbamates (subject to hydrolysis) is 1. The van der Waals surface area contributed by atoms with Gasteiger partial charge >= 0.3 is 12.1 Å². The van der Waals surface area contributed by atoms with Crippen molar-refractivity contribution in [3.63, 3.8) is 0 Å². The standard InChI is InChI=1S/C13H25NO4S/c1-5-6-8-19-9-7-10(11(15)16)14-12(17)18-13(2,3)4/h10H,5-9H2,1-4H3,(H,14,17)(H,15,16)/t10-/m1/s1. The molecular formula is C13H25NO4S. The van der Waals surface area contributed by atoms with Crippen LogP contribution in [-0.4, -0.2) is 40.3 Å². The van der Waals surface area contributed by atoms with Crippen molar-refractivity contribution in [1.29, 1.82) is 0 Å². The number of rotatable bonds is 8. The van der Waals surface area contributed by atoms with Crippen molar-refractivity contribution in [3.8, 4) is 0 Å². The summed E-state index contributed by atoms with van der Waals surface area (Å²) in [7, 11) is 0. The van der Waals surface area contributed by atoms with Crippen LogP contribution in [0.25, 0.3) is 0 Å². The van der Waals surface area contributed by atoms with Gasteiger partial charge in [-0.3, -0.25) is 0 Å². The van der Waals surface area contributed by atoms with Gasteiger partial charge in [0, 0.05) is 0 Å². The molecule has 1 atom stereocenters. The molecule has 2 N–H and O–H groups in total. The van der Waals surface area contributed by atoms with Gasteiger partial charge in [0.1, 0.15) is 11.6 Å². The Balaban J connectivity index is 4.05. The number of carboxylic acid groups (broad SMARTS) is 1. The lowest BCUT2D eigenvalue weighted by Gasteiger charge is -2.21. The Kier molecular flexibility index (Phi) is 8.63. The van der Waals surface area contributed by atoms with E-state index in [1.54, 1.807) is 32.5 Å². The zero-order chi connectivity index (χ0) is 14.9. The lowest BCUT2D eigenvalue weighted by molar-refractivity contribution is -0.139. The molecule has 0 aromatic heterocycles. The third-order valence-electron chi connectivity index (χ3n) is 2.18. The molecule has 0 spiro atoms. The highest BCUT2D eigenvalue weighted by atomic mass is 32.2. The predicted octanol–water partition coefficient (Wildman–Crippen LogP) is 2.89. The number of aliphatic carboxylic acids is 1. The van der Waals surface area contributed by atoms with Crippen LogP contribution in [-0.2, 0) is 9.53 Å². The fourth-order valence-electron chi connectivity index (χ4n) is 1.26. The van der Waals surface area contributed by atoms with Gasteiger partial charge in [-0.25, -0.2) is 9.59 Å². The number of carbonyl (C=O) groups is 2. The zero-order valence-corrected chi connectivity index (χ0v) is 13.0. The minimum Gasteiger partial charge on any atom is -0.480 e. The van der Waals surface area contributed by atoms with Crippen LogP contribution in [0.3, 0.4) is 0 Å².